The molecule has 0 aliphatic carbocycles. The van der Waals surface area contributed by atoms with Crippen LogP contribution in [0.3, 0.4) is 0 Å². The zero-order valence-electron chi connectivity index (χ0n) is 34.0. The second-order valence-electron chi connectivity index (χ2n) is 15.6. The van der Waals surface area contributed by atoms with Gasteiger partial charge in [0, 0.05) is 6.08 Å². The minimum Gasteiger partial charge on any atom is -0.504 e. The molecule has 0 saturated carbocycles. The lowest BCUT2D eigenvalue weighted by molar-refractivity contribution is -0.383. The Balaban J connectivity index is 1.33. The number of benzene rings is 2. The van der Waals surface area contributed by atoms with E-state index < -0.39 is 160 Å². The Morgan fingerprint density at radius 3 is 1.97 bits per heavy atom. The van der Waals surface area contributed by atoms with Crippen LogP contribution < -0.4 is 0 Å². The Labute approximate surface area is 363 Å². The van der Waals surface area contributed by atoms with E-state index >= 15 is 0 Å². The van der Waals surface area contributed by atoms with Gasteiger partial charge in [-0.1, -0.05) is 12.1 Å². The molecule has 4 fully saturated rings. The summed E-state index contributed by atoms with van der Waals surface area (Å²) in [5.74, 6) is -2.89. The number of hydrogen-bond acceptors (Lipinski definition) is 24. The largest absolute Gasteiger partial charge is 0.504 e. The molecule has 0 spiro atoms. The van der Waals surface area contributed by atoms with Crippen molar-refractivity contribution in [2.75, 3.05) is 26.4 Å². The maximum Gasteiger partial charge on any atom is 0.331 e. The first-order valence-electron chi connectivity index (χ1n) is 20.2. The number of phenols is 4. The number of carbonyl (C=O) groups is 1. The van der Waals surface area contributed by atoms with Crippen LogP contribution in [0.15, 0.2) is 42.5 Å². The van der Waals surface area contributed by atoms with Crippen LogP contribution in [0.1, 0.15) is 18.1 Å². The Morgan fingerprint density at radius 1 is 0.641 bits per heavy atom. The maximum absolute atomic E-state index is 13.6. The fourth-order valence-electron chi connectivity index (χ4n) is 7.32. The van der Waals surface area contributed by atoms with E-state index in [1.54, 1.807) is 0 Å². The molecular formula is C40H54O24. The summed E-state index contributed by atoms with van der Waals surface area (Å²) in [7, 11) is 0. The molecule has 24 heteroatoms. The molecule has 19 atom stereocenters. The zero-order valence-corrected chi connectivity index (χ0v) is 34.0. The van der Waals surface area contributed by atoms with Gasteiger partial charge in [0.1, 0.15) is 79.4 Å². The number of aliphatic hydroxyl groups is 10. The number of carbonyl (C=O) groups excluding carboxylic acids is 1. The summed E-state index contributed by atoms with van der Waals surface area (Å²) in [6.45, 7) is -0.978. The summed E-state index contributed by atoms with van der Waals surface area (Å²) in [6, 6.07) is 7.62. The number of phenolic OH excluding ortho intramolecular Hbond substituents is 4. The van der Waals surface area contributed by atoms with Gasteiger partial charge in [0.2, 0.25) is 0 Å². The molecule has 4 heterocycles. The number of ether oxygens (including phenoxy) is 9. The Hall–Kier alpha value is -3.87. The third kappa shape index (κ3) is 11.4. The number of hydrogen-bond donors (Lipinski definition) is 14. The number of rotatable bonds is 15. The molecular weight excluding hydrogens is 864 g/mol. The van der Waals surface area contributed by atoms with Gasteiger partial charge in [-0.25, -0.2) is 4.79 Å². The van der Waals surface area contributed by atoms with Gasteiger partial charge in [-0.2, -0.15) is 0 Å². The van der Waals surface area contributed by atoms with Crippen molar-refractivity contribution in [1.29, 1.82) is 0 Å². The lowest BCUT2D eigenvalue weighted by Crippen LogP contribution is -2.66. The first kappa shape index (κ1) is 49.6. The third-order valence-corrected chi connectivity index (χ3v) is 11.1. The van der Waals surface area contributed by atoms with Crippen molar-refractivity contribution in [3.63, 3.8) is 0 Å². The molecule has 0 aromatic heterocycles. The lowest BCUT2D eigenvalue weighted by atomic mass is 9.96. The maximum atomic E-state index is 13.6. The smallest absolute Gasteiger partial charge is 0.331 e. The van der Waals surface area contributed by atoms with Crippen LogP contribution in [-0.2, 0) is 53.8 Å². The highest BCUT2D eigenvalue weighted by Gasteiger charge is 2.55. The normalized spacial score (nSPS) is 39.5. The fourth-order valence-corrected chi connectivity index (χ4v) is 7.32. The van der Waals surface area contributed by atoms with E-state index in [4.69, 9.17) is 42.6 Å². The van der Waals surface area contributed by atoms with Gasteiger partial charge in [-0.05, 0) is 54.8 Å². The highest BCUT2D eigenvalue weighted by atomic mass is 16.8. The lowest BCUT2D eigenvalue weighted by Gasteiger charge is -2.48. The molecule has 4 saturated heterocycles. The van der Waals surface area contributed by atoms with E-state index in [9.17, 15) is 76.3 Å². The van der Waals surface area contributed by atoms with E-state index in [0.717, 1.165) is 18.2 Å². The van der Waals surface area contributed by atoms with Crippen molar-refractivity contribution in [2.45, 2.75) is 130 Å². The molecule has 24 nitrogen and oxygen atoms in total. The molecule has 358 valence electrons. The van der Waals surface area contributed by atoms with Gasteiger partial charge in [0.05, 0.1) is 32.5 Å². The number of esters is 1. The van der Waals surface area contributed by atoms with Crippen molar-refractivity contribution in [3.8, 4) is 23.0 Å². The van der Waals surface area contributed by atoms with Crippen LogP contribution in [0.2, 0.25) is 0 Å². The predicted molar refractivity (Wildman–Crippen MR) is 206 cm³/mol. The van der Waals surface area contributed by atoms with Crippen LogP contribution in [0.5, 0.6) is 23.0 Å². The predicted octanol–water partition coefficient (Wildman–Crippen LogP) is -4.73. The van der Waals surface area contributed by atoms with Gasteiger partial charge in [-0.15, -0.1) is 0 Å². The summed E-state index contributed by atoms with van der Waals surface area (Å²) in [5.41, 5.74) is 0.693. The molecule has 0 radical (unpaired) electrons. The molecule has 4 aliphatic rings. The summed E-state index contributed by atoms with van der Waals surface area (Å²) in [5, 5.41) is 145. The second kappa shape index (κ2) is 21.6. The van der Waals surface area contributed by atoms with Crippen LogP contribution in [0, 0.1) is 0 Å². The average Bonchev–Trinajstić information content (AvgIpc) is 3.26. The van der Waals surface area contributed by atoms with E-state index in [2.05, 4.69) is 0 Å². The Kier molecular flexibility index (Phi) is 16.7. The molecule has 0 bridgehead atoms. The SMILES string of the molecule is C[C@@H]1O[C@@H](O[C@@H]2[C@@H](O)[C@H](OCCc3ccc(O)c(O)c3)O[C@H](CO[C@H]3O[C@H](CO)[C@H](O)[C@H](O)[C@H]3O)[C@H]2OC(=O)/C=C/c2ccc(O)c(O)c2)[C@H](O[C@@H]2OC[C@H](O)[C@H](O)[C@H]2O)[C@H](O)[C@H]1O. The quantitative estimate of drug-likeness (QED) is 0.0453. The van der Waals surface area contributed by atoms with Gasteiger partial charge >= 0.3 is 5.97 Å². The van der Waals surface area contributed by atoms with Crippen LogP contribution in [0.25, 0.3) is 6.08 Å². The van der Waals surface area contributed by atoms with Crippen molar-refractivity contribution >= 4 is 12.0 Å². The van der Waals surface area contributed by atoms with Gasteiger partial charge in [0.25, 0.3) is 0 Å². The number of aromatic hydroxyl groups is 4. The van der Waals surface area contributed by atoms with E-state index in [0.29, 0.717) is 5.56 Å². The summed E-state index contributed by atoms with van der Waals surface area (Å²) in [4.78, 5) is 13.6. The van der Waals surface area contributed by atoms with Gasteiger partial charge in [-0.3, -0.25) is 0 Å². The first-order valence-corrected chi connectivity index (χ1v) is 20.2. The second-order valence-corrected chi connectivity index (χ2v) is 15.6. The highest BCUT2D eigenvalue weighted by molar-refractivity contribution is 5.87. The van der Waals surface area contributed by atoms with Gasteiger partial charge < -0.3 is 114 Å². The Bertz CT molecular complexity index is 1870. The van der Waals surface area contributed by atoms with Crippen LogP contribution >= 0.6 is 0 Å². The summed E-state index contributed by atoms with van der Waals surface area (Å²) in [6.07, 6.45) is -30.8. The van der Waals surface area contributed by atoms with E-state index in [-0.39, 0.29) is 24.3 Å². The zero-order chi connectivity index (χ0) is 46.6. The summed E-state index contributed by atoms with van der Waals surface area (Å²) < 4.78 is 52.3. The standard InChI is InChI=1S/C40H54O24/c1-15-26(48)30(52)36(64-38-31(53)27(49)22(46)13-57-38)40(59-15)63-35-33(55)39(56-9-8-17-3-6-19(43)21(45)11-17)61-24(14-58-37-32(54)29(51)28(50)23(12-41)60-37)34(35)62-25(47)7-4-16-2-5-18(42)20(44)10-16/h2-7,10-11,15,22-24,26-46,48-55H,8-9,12-14H2,1H3/b7-4+/t15-,22-,23+,24+,26-,27-,28-,29-,30+,31+,32+,33+,34+,35+,36+,37-,38-,39+,40-/m0/s1. The molecule has 2 aromatic rings. The minimum absolute atomic E-state index is 0.0571. The fraction of sp³-hybridized carbons (Fsp3) is 0.625. The monoisotopic (exact) mass is 918 g/mol. The molecule has 0 unspecified atom stereocenters. The first-order chi connectivity index (χ1) is 30.4. The highest BCUT2D eigenvalue weighted by Crippen LogP contribution is 2.35. The summed E-state index contributed by atoms with van der Waals surface area (Å²) >= 11 is 0. The minimum atomic E-state index is -1.97. The molecule has 4 aliphatic heterocycles. The molecule has 6 rings (SSSR count). The molecule has 0 amide bonds. The van der Waals surface area contributed by atoms with Crippen LogP contribution in [-0.4, -0.2) is 221 Å². The van der Waals surface area contributed by atoms with Crippen molar-refractivity contribution in [2.24, 2.45) is 0 Å². The topological polar surface area (TPSA) is 383 Å². The Morgan fingerprint density at radius 2 is 1.28 bits per heavy atom. The van der Waals surface area contributed by atoms with Crippen molar-refractivity contribution < 1.29 is 119 Å². The van der Waals surface area contributed by atoms with E-state index in [1.165, 1.54) is 37.3 Å². The van der Waals surface area contributed by atoms with Crippen molar-refractivity contribution in [1.82, 2.24) is 0 Å². The molecule has 2 aromatic carbocycles. The average molecular weight is 919 g/mol. The van der Waals surface area contributed by atoms with Gasteiger partial charge in [0.15, 0.2) is 54.3 Å². The van der Waals surface area contributed by atoms with Crippen molar-refractivity contribution in [3.05, 3.63) is 53.6 Å². The molecule has 64 heavy (non-hydrogen) atoms. The third-order valence-electron chi connectivity index (χ3n) is 11.1. The number of aliphatic hydroxyl groups excluding tert-OH is 10. The molecule has 14 N–H and O–H groups in total. The van der Waals surface area contributed by atoms with Crippen LogP contribution in [0.4, 0.5) is 0 Å². The van der Waals surface area contributed by atoms with E-state index in [1.807, 2.05) is 0 Å².